The van der Waals surface area contributed by atoms with Gasteiger partial charge in [0.15, 0.2) is 5.65 Å². The predicted molar refractivity (Wildman–Crippen MR) is 110 cm³/mol. The van der Waals surface area contributed by atoms with Crippen molar-refractivity contribution in [2.24, 2.45) is 7.05 Å². The van der Waals surface area contributed by atoms with Crippen molar-refractivity contribution in [3.05, 3.63) is 69.7 Å². The number of hydrogen-bond acceptors (Lipinski definition) is 4. The molecule has 4 aromatic rings. The zero-order valence-corrected chi connectivity index (χ0v) is 16.6. The molecule has 0 saturated heterocycles. The van der Waals surface area contributed by atoms with Gasteiger partial charge in [0, 0.05) is 30.4 Å². The van der Waals surface area contributed by atoms with Crippen LogP contribution in [0.3, 0.4) is 0 Å². The summed E-state index contributed by atoms with van der Waals surface area (Å²) in [6.45, 7) is 2.53. The molecule has 1 aromatic carbocycles. The van der Waals surface area contributed by atoms with E-state index < -0.39 is 0 Å². The van der Waals surface area contributed by atoms with Crippen LogP contribution in [0.15, 0.2) is 54.9 Å². The minimum absolute atomic E-state index is 0.454. The van der Waals surface area contributed by atoms with E-state index >= 15 is 0 Å². The Bertz CT molecular complexity index is 1070. The molecule has 5 nitrogen and oxygen atoms in total. The highest BCUT2D eigenvalue weighted by molar-refractivity contribution is 14.1. The summed E-state index contributed by atoms with van der Waals surface area (Å²) in [6, 6.07) is 14.1. The van der Waals surface area contributed by atoms with Crippen molar-refractivity contribution in [1.82, 2.24) is 19.7 Å². The lowest BCUT2D eigenvalue weighted by Gasteiger charge is -2.09. The van der Waals surface area contributed by atoms with Gasteiger partial charge in [-0.05, 0) is 77.5 Å². The fourth-order valence-electron chi connectivity index (χ4n) is 2.87. The summed E-state index contributed by atoms with van der Waals surface area (Å²) in [5.41, 5.74) is 4.83. The molecule has 0 unspecified atom stereocenters. The van der Waals surface area contributed by atoms with Crippen molar-refractivity contribution in [3.63, 3.8) is 0 Å². The zero-order chi connectivity index (χ0) is 18.1. The van der Waals surface area contributed by atoms with Gasteiger partial charge in [0.2, 0.25) is 0 Å². The van der Waals surface area contributed by atoms with Crippen LogP contribution in [0, 0.1) is 10.5 Å². The standard InChI is InChI=1S/C20H17IN4O/c1-13-10-15-4-3-9-22-20(15)23-19(13)14-5-7-16(8-6-14)26-12-18-17(21)11-25(2)24-18/h3-11H,12H2,1-2H3. The summed E-state index contributed by atoms with van der Waals surface area (Å²) in [5.74, 6) is 0.812. The van der Waals surface area contributed by atoms with Crippen LogP contribution in [-0.4, -0.2) is 19.7 Å². The molecule has 0 aliphatic heterocycles. The lowest BCUT2D eigenvalue weighted by molar-refractivity contribution is 0.299. The average Bonchev–Trinajstić information content (AvgIpc) is 2.97. The van der Waals surface area contributed by atoms with Gasteiger partial charge in [-0.2, -0.15) is 5.10 Å². The Morgan fingerprint density at radius 1 is 1.15 bits per heavy atom. The first kappa shape index (κ1) is 17.0. The monoisotopic (exact) mass is 456 g/mol. The lowest BCUT2D eigenvalue weighted by Crippen LogP contribution is -1.99. The molecule has 3 aromatic heterocycles. The van der Waals surface area contributed by atoms with Crippen LogP contribution >= 0.6 is 22.6 Å². The smallest absolute Gasteiger partial charge is 0.159 e. The highest BCUT2D eigenvalue weighted by atomic mass is 127. The molecule has 0 saturated carbocycles. The molecule has 0 spiro atoms. The molecule has 4 rings (SSSR count). The summed E-state index contributed by atoms with van der Waals surface area (Å²) in [7, 11) is 1.91. The van der Waals surface area contributed by atoms with Crippen molar-refractivity contribution in [2.45, 2.75) is 13.5 Å². The molecule has 0 N–H and O–H groups in total. The number of halogens is 1. The molecule has 3 heterocycles. The van der Waals surface area contributed by atoms with Gasteiger partial charge in [-0.15, -0.1) is 0 Å². The van der Waals surface area contributed by atoms with E-state index in [2.05, 4.69) is 45.7 Å². The third-order valence-corrected chi connectivity index (χ3v) is 5.04. The molecule has 0 radical (unpaired) electrons. The van der Waals surface area contributed by atoms with E-state index in [1.165, 1.54) is 0 Å². The Balaban J connectivity index is 1.56. The van der Waals surface area contributed by atoms with Gasteiger partial charge >= 0.3 is 0 Å². The second-order valence-electron chi connectivity index (χ2n) is 6.11. The highest BCUT2D eigenvalue weighted by Crippen LogP contribution is 2.26. The van der Waals surface area contributed by atoms with Crippen LogP contribution in [0.4, 0.5) is 0 Å². The first-order valence-corrected chi connectivity index (χ1v) is 9.31. The fraction of sp³-hybridized carbons (Fsp3) is 0.150. The third kappa shape index (κ3) is 3.41. The van der Waals surface area contributed by atoms with Gasteiger partial charge in [-0.25, -0.2) is 9.97 Å². The number of pyridine rings is 2. The van der Waals surface area contributed by atoms with E-state index in [4.69, 9.17) is 9.72 Å². The molecule has 0 bridgehead atoms. The van der Waals surface area contributed by atoms with Crippen molar-refractivity contribution >= 4 is 33.6 Å². The largest absolute Gasteiger partial charge is 0.487 e. The highest BCUT2D eigenvalue weighted by Gasteiger charge is 2.08. The Morgan fingerprint density at radius 2 is 1.96 bits per heavy atom. The van der Waals surface area contributed by atoms with Gasteiger partial charge in [-0.1, -0.05) is 0 Å². The van der Waals surface area contributed by atoms with E-state index in [1.807, 2.05) is 49.6 Å². The van der Waals surface area contributed by atoms with Crippen LogP contribution < -0.4 is 4.74 Å². The lowest BCUT2D eigenvalue weighted by atomic mass is 10.1. The third-order valence-electron chi connectivity index (χ3n) is 4.14. The fourth-order valence-corrected chi connectivity index (χ4v) is 3.53. The van der Waals surface area contributed by atoms with Crippen LogP contribution in [0.5, 0.6) is 5.75 Å². The van der Waals surface area contributed by atoms with E-state index in [0.717, 1.165) is 42.9 Å². The molecule has 130 valence electrons. The summed E-state index contributed by atoms with van der Waals surface area (Å²) in [6.07, 6.45) is 3.74. The Hall–Kier alpha value is -2.48. The Morgan fingerprint density at radius 3 is 2.69 bits per heavy atom. The molecule has 0 amide bonds. The van der Waals surface area contributed by atoms with Crippen molar-refractivity contribution in [3.8, 4) is 17.0 Å². The molecule has 0 atom stereocenters. The first-order valence-electron chi connectivity index (χ1n) is 8.24. The van der Waals surface area contributed by atoms with Gasteiger partial charge in [0.1, 0.15) is 18.1 Å². The molecule has 0 aliphatic carbocycles. The van der Waals surface area contributed by atoms with E-state index in [-0.39, 0.29) is 0 Å². The zero-order valence-electron chi connectivity index (χ0n) is 14.5. The average molecular weight is 456 g/mol. The van der Waals surface area contributed by atoms with Crippen LogP contribution in [0.1, 0.15) is 11.3 Å². The molecule has 0 aliphatic rings. The summed E-state index contributed by atoms with van der Waals surface area (Å²) in [4.78, 5) is 9.07. The number of fused-ring (bicyclic) bond motifs is 1. The van der Waals surface area contributed by atoms with Crippen LogP contribution in [-0.2, 0) is 13.7 Å². The number of rotatable bonds is 4. The van der Waals surface area contributed by atoms with Crippen molar-refractivity contribution < 1.29 is 4.74 Å². The maximum Gasteiger partial charge on any atom is 0.159 e. The number of nitrogens with zero attached hydrogens (tertiary/aromatic N) is 4. The molecule has 6 heteroatoms. The van der Waals surface area contributed by atoms with Gasteiger partial charge in [-0.3, -0.25) is 4.68 Å². The van der Waals surface area contributed by atoms with E-state index in [9.17, 15) is 0 Å². The quantitative estimate of drug-likeness (QED) is 0.424. The number of benzene rings is 1. The van der Waals surface area contributed by atoms with Gasteiger partial charge in [0.05, 0.1) is 9.26 Å². The number of aryl methyl sites for hydroxylation is 2. The number of ether oxygens (including phenoxy) is 1. The summed E-state index contributed by atoms with van der Waals surface area (Å²) in [5, 5.41) is 5.45. The second-order valence-corrected chi connectivity index (χ2v) is 7.28. The normalized spacial score (nSPS) is 11.0. The number of hydrogen-bond donors (Lipinski definition) is 0. The van der Waals surface area contributed by atoms with Crippen molar-refractivity contribution in [1.29, 1.82) is 0 Å². The Labute approximate surface area is 165 Å². The van der Waals surface area contributed by atoms with Crippen LogP contribution in [0.2, 0.25) is 0 Å². The van der Waals surface area contributed by atoms with E-state index in [0.29, 0.717) is 6.61 Å². The predicted octanol–water partition coefficient (Wildman–Crippen LogP) is 4.52. The molecule has 26 heavy (non-hydrogen) atoms. The summed E-state index contributed by atoms with van der Waals surface area (Å²) >= 11 is 2.27. The topological polar surface area (TPSA) is 52.8 Å². The Kier molecular flexibility index (Phi) is 4.58. The van der Waals surface area contributed by atoms with Gasteiger partial charge in [0.25, 0.3) is 0 Å². The van der Waals surface area contributed by atoms with Crippen molar-refractivity contribution in [2.75, 3.05) is 0 Å². The maximum atomic E-state index is 5.86. The summed E-state index contributed by atoms with van der Waals surface area (Å²) < 4.78 is 8.76. The van der Waals surface area contributed by atoms with Gasteiger partial charge < -0.3 is 4.74 Å². The maximum absolute atomic E-state index is 5.86. The molecular weight excluding hydrogens is 439 g/mol. The minimum atomic E-state index is 0.454. The number of aromatic nitrogens is 4. The minimum Gasteiger partial charge on any atom is -0.487 e. The van der Waals surface area contributed by atoms with Crippen LogP contribution in [0.25, 0.3) is 22.3 Å². The molecule has 0 fully saturated rings. The SMILES string of the molecule is Cc1cc2cccnc2nc1-c1ccc(OCc2nn(C)cc2I)cc1. The van der Waals surface area contributed by atoms with E-state index in [1.54, 1.807) is 10.9 Å². The second kappa shape index (κ2) is 7.03. The molecular formula is C20H17IN4O. The first-order chi connectivity index (χ1) is 12.6.